The SMILES string of the molecule is COC(=O)c1sc2ccccc2c1S(=O)(=O)NCc1ccc(C)cc1. The van der Waals surface area contributed by atoms with Crippen molar-refractivity contribution in [3.8, 4) is 0 Å². The third-order valence-electron chi connectivity index (χ3n) is 3.78. The van der Waals surface area contributed by atoms with Crippen LogP contribution >= 0.6 is 11.3 Å². The number of nitrogens with one attached hydrogen (secondary N) is 1. The molecule has 0 saturated heterocycles. The third-order valence-corrected chi connectivity index (χ3v) is 6.54. The molecule has 130 valence electrons. The van der Waals surface area contributed by atoms with Crippen LogP contribution in [0.4, 0.5) is 0 Å². The van der Waals surface area contributed by atoms with E-state index in [1.807, 2.05) is 31.2 Å². The number of rotatable bonds is 5. The first-order valence-corrected chi connectivity index (χ1v) is 9.87. The van der Waals surface area contributed by atoms with Crippen LogP contribution in [0.2, 0.25) is 0 Å². The first-order chi connectivity index (χ1) is 11.9. The van der Waals surface area contributed by atoms with Crippen LogP contribution in [0.5, 0.6) is 0 Å². The number of carbonyl (C=O) groups is 1. The third kappa shape index (κ3) is 3.58. The zero-order chi connectivity index (χ0) is 18.0. The van der Waals surface area contributed by atoms with Gasteiger partial charge in [-0.05, 0) is 18.6 Å². The fourth-order valence-electron chi connectivity index (χ4n) is 2.47. The van der Waals surface area contributed by atoms with Gasteiger partial charge >= 0.3 is 5.97 Å². The molecule has 0 atom stereocenters. The minimum Gasteiger partial charge on any atom is -0.465 e. The normalized spacial score (nSPS) is 11.6. The van der Waals surface area contributed by atoms with Crippen molar-refractivity contribution in [3.05, 3.63) is 64.5 Å². The Morgan fingerprint density at radius 1 is 1.12 bits per heavy atom. The fraction of sp³-hybridized carbons (Fsp3) is 0.167. The van der Waals surface area contributed by atoms with E-state index in [-0.39, 0.29) is 16.3 Å². The van der Waals surface area contributed by atoms with Gasteiger partial charge in [-0.1, -0.05) is 48.0 Å². The van der Waals surface area contributed by atoms with Crippen LogP contribution < -0.4 is 4.72 Å². The van der Waals surface area contributed by atoms with E-state index in [2.05, 4.69) is 4.72 Å². The molecule has 25 heavy (non-hydrogen) atoms. The Bertz CT molecular complexity index is 1020. The summed E-state index contributed by atoms with van der Waals surface area (Å²) < 4.78 is 33.8. The van der Waals surface area contributed by atoms with E-state index < -0.39 is 16.0 Å². The number of sulfonamides is 1. The van der Waals surface area contributed by atoms with Crippen LogP contribution in [0.1, 0.15) is 20.8 Å². The van der Waals surface area contributed by atoms with Crippen molar-refractivity contribution >= 4 is 37.4 Å². The molecule has 7 heteroatoms. The molecule has 0 fully saturated rings. The van der Waals surface area contributed by atoms with Gasteiger partial charge < -0.3 is 4.74 Å². The van der Waals surface area contributed by atoms with Gasteiger partial charge in [0.2, 0.25) is 10.0 Å². The first kappa shape index (κ1) is 17.6. The van der Waals surface area contributed by atoms with Crippen LogP contribution in [-0.4, -0.2) is 21.5 Å². The van der Waals surface area contributed by atoms with Gasteiger partial charge in [0, 0.05) is 16.6 Å². The topological polar surface area (TPSA) is 72.5 Å². The molecule has 0 spiro atoms. The monoisotopic (exact) mass is 375 g/mol. The number of benzene rings is 2. The van der Waals surface area contributed by atoms with Crippen molar-refractivity contribution in [1.29, 1.82) is 0 Å². The maximum absolute atomic E-state index is 12.9. The number of thiophene rings is 1. The van der Waals surface area contributed by atoms with E-state index in [4.69, 9.17) is 4.74 Å². The second-order valence-corrected chi connectivity index (χ2v) is 8.31. The van der Waals surface area contributed by atoms with Crippen LogP contribution in [-0.2, 0) is 21.3 Å². The largest absolute Gasteiger partial charge is 0.465 e. The Morgan fingerprint density at radius 3 is 2.48 bits per heavy atom. The van der Waals surface area contributed by atoms with Gasteiger partial charge in [0.15, 0.2) is 0 Å². The minimum atomic E-state index is -3.88. The van der Waals surface area contributed by atoms with E-state index in [1.165, 1.54) is 7.11 Å². The highest BCUT2D eigenvalue weighted by Crippen LogP contribution is 2.35. The van der Waals surface area contributed by atoms with Crippen LogP contribution in [0.15, 0.2) is 53.4 Å². The average molecular weight is 375 g/mol. The lowest BCUT2D eigenvalue weighted by Crippen LogP contribution is -2.24. The van der Waals surface area contributed by atoms with Crippen molar-refractivity contribution in [2.24, 2.45) is 0 Å². The first-order valence-electron chi connectivity index (χ1n) is 7.57. The van der Waals surface area contributed by atoms with E-state index in [1.54, 1.807) is 24.3 Å². The molecule has 0 aliphatic rings. The molecule has 0 saturated carbocycles. The molecule has 0 bridgehead atoms. The highest BCUT2D eigenvalue weighted by molar-refractivity contribution is 7.90. The van der Waals surface area contributed by atoms with Crippen molar-refractivity contribution in [1.82, 2.24) is 4.72 Å². The molecule has 0 unspecified atom stereocenters. The standard InChI is InChI=1S/C18H17NO4S2/c1-12-7-9-13(10-8-12)11-19-25(21,22)17-14-5-3-4-6-15(14)24-16(17)18(20)23-2/h3-10,19H,11H2,1-2H3. The highest BCUT2D eigenvalue weighted by Gasteiger charge is 2.28. The Labute approximate surface area is 150 Å². The van der Waals surface area contributed by atoms with Crippen molar-refractivity contribution in [2.45, 2.75) is 18.4 Å². The Hall–Kier alpha value is -2.22. The van der Waals surface area contributed by atoms with Crippen LogP contribution in [0.3, 0.4) is 0 Å². The number of methoxy groups -OCH3 is 1. The number of esters is 1. The lowest BCUT2D eigenvalue weighted by Gasteiger charge is -2.08. The predicted octanol–water partition coefficient (Wildman–Crippen LogP) is 3.47. The second-order valence-electron chi connectivity index (χ2n) is 5.56. The maximum Gasteiger partial charge on any atom is 0.349 e. The molecule has 0 aliphatic heterocycles. The summed E-state index contributed by atoms with van der Waals surface area (Å²) in [6, 6.07) is 14.6. The van der Waals surface area contributed by atoms with Gasteiger partial charge in [-0.15, -0.1) is 11.3 Å². The van der Waals surface area contributed by atoms with Crippen molar-refractivity contribution < 1.29 is 17.9 Å². The van der Waals surface area contributed by atoms with Gasteiger partial charge in [-0.3, -0.25) is 0 Å². The van der Waals surface area contributed by atoms with Crippen LogP contribution in [0.25, 0.3) is 10.1 Å². The molecule has 1 N–H and O–H groups in total. The summed E-state index contributed by atoms with van der Waals surface area (Å²) in [5, 5.41) is 0.518. The zero-order valence-corrected chi connectivity index (χ0v) is 15.4. The molecule has 3 rings (SSSR count). The lowest BCUT2D eigenvalue weighted by molar-refractivity contribution is 0.0602. The van der Waals surface area contributed by atoms with Gasteiger partial charge in [0.1, 0.15) is 9.77 Å². The predicted molar refractivity (Wildman–Crippen MR) is 98.4 cm³/mol. The quantitative estimate of drug-likeness (QED) is 0.693. The summed E-state index contributed by atoms with van der Waals surface area (Å²) in [7, 11) is -2.64. The number of ether oxygens (including phenoxy) is 1. The average Bonchev–Trinajstić information content (AvgIpc) is 3.01. The molecule has 0 aliphatic carbocycles. The summed E-state index contributed by atoms with van der Waals surface area (Å²) in [4.78, 5) is 12.1. The van der Waals surface area contributed by atoms with E-state index in [0.29, 0.717) is 5.39 Å². The molecular weight excluding hydrogens is 358 g/mol. The van der Waals surface area contributed by atoms with Crippen molar-refractivity contribution in [3.63, 3.8) is 0 Å². The second kappa shape index (κ2) is 6.95. The van der Waals surface area contributed by atoms with E-state index in [0.717, 1.165) is 27.2 Å². The van der Waals surface area contributed by atoms with E-state index in [9.17, 15) is 13.2 Å². The zero-order valence-electron chi connectivity index (χ0n) is 13.8. The Morgan fingerprint density at radius 2 is 1.80 bits per heavy atom. The van der Waals surface area contributed by atoms with E-state index >= 15 is 0 Å². The smallest absolute Gasteiger partial charge is 0.349 e. The fourth-order valence-corrected chi connectivity index (χ4v) is 5.30. The summed E-state index contributed by atoms with van der Waals surface area (Å²) in [6.45, 7) is 2.11. The number of carbonyl (C=O) groups excluding carboxylic acids is 1. The Kier molecular flexibility index (Phi) is 4.89. The minimum absolute atomic E-state index is 0.0212. The van der Waals surface area contributed by atoms with Gasteiger partial charge in [-0.2, -0.15) is 0 Å². The molecule has 5 nitrogen and oxygen atoms in total. The lowest BCUT2D eigenvalue weighted by atomic mass is 10.2. The number of aryl methyl sites for hydroxylation is 1. The molecular formula is C18H17NO4S2. The number of fused-ring (bicyclic) bond motifs is 1. The number of hydrogen-bond acceptors (Lipinski definition) is 5. The summed E-state index contributed by atoms with van der Waals surface area (Å²) in [5.41, 5.74) is 1.94. The Balaban J connectivity index is 2.01. The van der Waals surface area contributed by atoms with Gasteiger partial charge in [-0.25, -0.2) is 17.9 Å². The molecule has 1 heterocycles. The summed E-state index contributed by atoms with van der Waals surface area (Å²) in [5.74, 6) is -0.656. The molecule has 0 radical (unpaired) electrons. The molecule has 1 aromatic heterocycles. The maximum atomic E-state index is 12.9. The summed E-state index contributed by atoms with van der Waals surface area (Å²) in [6.07, 6.45) is 0. The molecule has 2 aromatic carbocycles. The van der Waals surface area contributed by atoms with Crippen LogP contribution in [0, 0.1) is 6.92 Å². The number of hydrogen-bond donors (Lipinski definition) is 1. The highest BCUT2D eigenvalue weighted by atomic mass is 32.2. The molecule has 0 amide bonds. The van der Waals surface area contributed by atoms with Gasteiger partial charge in [0.05, 0.1) is 7.11 Å². The molecule has 3 aromatic rings. The van der Waals surface area contributed by atoms with Gasteiger partial charge in [0.25, 0.3) is 0 Å². The summed E-state index contributed by atoms with van der Waals surface area (Å²) >= 11 is 1.11. The van der Waals surface area contributed by atoms with Crippen molar-refractivity contribution in [2.75, 3.05) is 7.11 Å².